The summed E-state index contributed by atoms with van der Waals surface area (Å²) < 4.78 is 29.5. The second-order valence-corrected chi connectivity index (χ2v) is 8.66. The largest absolute Gasteiger partial charge is 0.296 e. The minimum absolute atomic E-state index is 0.587. The van der Waals surface area contributed by atoms with Crippen LogP contribution in [0, 0.1) is 0 Å². The van der Waals surface area contributed by atoms with E-state index in [1.807, 2.05) is 18.2 Å². The van der Waals surface area contributed by atoms with Gasteiger partial charge in [-0.25, -0.2) is 0 Å². The minimum atomic E-state index is -3.24. The van der Waals surface area contributed by atoms with Gasteiger partial charge < -0.3 is 0 Å². The zero-order valence-corrected chi connectivity index (χ0v) is 15.0. The third-order valence-electron chi connectivity index (χ3n) is 4.40. The summed E-state index contributed by atoms with van der Waals surface area (Å²) in [5.41, 5.74) is 1.25. The zero-order valence-electron chi connectivity index (χ0n) is 12.6. The molecular formula is C15H22BrN3O2S. The van der Waals surface area contributed by atoms with Gasteiger partial charge in [0.15, 0.2) is 0 Å². The molecule has 0 bridgehead atoms. The molecule has 1 aromatic carbocycles. The molecule has 0 spiro atoms. The van der Waals surface area contributed by atoms with Crippen molar-refractivity contribution in [2.75, 3.05) is 39.3 Å². The lowest BCUT2D eigenvalue weighted by atomic mass is 10.2. The van der Waals surface area contributed by atoms with Crippen LogP contribution >= 0.6 is 15.9 Å². The van der Waals surface area contributed by atoms with Gasteiger partial charge >= 0.3 is 0 Å². The van der Waals surface area contributed by atoms with Crippen LogP contribution < -0.4 is 0 Å². The molecule has 0 radical (unpaired) electrons. The highest BCUT2D eigenvalue weighted by molar-refractivity contribution is 9.10. The monoisotopic (exact) mass is 387 g/mol. The summed E-state index contributed by atoms with van der Waals surface area (Å²) in [5.74, 6) is 0. The summed E-state index contributed by atoms with van der Waals surface area (Å²) in [7, 11) is -3.24. The second-order valence-electron chi connectivity index (χ2n) is 5.88. The van der Waals surface area contributed by atoms with Crippen LogP contribution in [0.4, 0.5) is 0 Å². The molecule has 2 aliphatic rings. The standard InChI is InChI=1S/C15H22BrN3O2S/c16-15-6-2-1-5-14(15)13-17-9-11-19(12-10-17)22(20,21)18-7-3-4-8-18/h1-2,5-6H,3-4,7-13H2. The van der Waals surface area contributed by atoms with Crippen LogP contribution in [0.15, 0.2) is 28.7 Å². The Balaban J connectivity index is 1.57. The fourth-order valence-corrected chi connectivity index (χ4v) is 5.15. The number of hydrogen-bond donors (Lipinski definition) is 0. The Kier molecular flexibility index (Phi) is 5.19. The van der Waals surface area contributed by atoms with Gasteiger partial charge in [-0.15, -0.1) is 0 Å². The molecule has 7 heteroatoms. The Morgan fingerprint density at radius 2 is 1.50 bits per heavy atom. The number of halogens is 1. The maximum absolute atomic E-state index is 12.5. The maximum atomic E-state index is 12.5. The molecule has 0 aliphatic carbocycles. The number of benzene rings is 1. The lowest BCUT2D eigenvalue weighted by Crippen LogP contribution is -2.52. The Morgan fingerprint density at radius 3 is 2.14 bits per heavy atom. The van der Waals surface area contributed by atoms with Gasteiger partial charge in [-0.1, -0.05) is 34.1 Å². The van der Waals surface area contributed by atoms with Crippen LogP contribution in [-0.4, -0.2) is 61.2 Å². The van der Waals surface area contributed by atoms with Gasteiger partial charge in [-0.3, -0.25) is 4.90 Å². The second kappa shape index (κ2) is 6.97. The SMILES string of the molecule is O=S(=O)(N1CCCC1)N1CCN(Cc2ccccc2Br)CC1. The molecule has 2 heterocycles. The minimum Gasteiger partial charge on any atom is -0.296 e. The van der Waals surface area contributed by atoms with Crippen molar-refractivity contribution in [3.05, 3.63) is 34.3 Å². The normalized spacial score (nSPS) is 22.2. The summed E-state index contributed by atoms with van der Waals surface area (Å²) in [6.45, 7) is 4.97. The van der Waals surface area contributed by atoms with Gasteiger partial charge in [0.2, 0.25) is 0 Å². The molecule has 1 aromatic rings. The molecule has 2 fully saturated rings. The number of rotatable bonds is 4. The first-order valence-corrected chi connectivity index (χ1v) is 9.97. The average Bonchev–Trinajstić information content (AvgIpc) is 3.05. The van der Waals surface area contributed by atoms with Crippen LogP contribution in [0.1, 0.15) is 18.4 Å². The molecule has 0 unspecified atom stereocenters. The predicted octanol–water partition coefficient (Wildman–Crippen LogP) is 1.91. The Bertz CT molecular complexity index is 609. The van der Waals surface area contributed by atoms with Gasteiger partial charge in [-0.2, -0.15) is 17.0 Å². The van der Waals surface area contributed by atoms with Crippen molar-refractivity contribution in [3.63, 3.8) is 0 Å². The van der Waals surface area contributed by atoms with E-state index in [2.05, 4.69) is 26.9 Å². The molecule has 0 saturated carbocycles. The van der Waals surface area contributed by atoms with Crippen LogP contribution in [0.2, 0.25) is 0 Å². The first-order chi connectivity index (χ1) is 10.6. The van der Waals surface area contributed by atoms with Gasteiger partial charge in [0.25, 0.3) is 10.2 Å². The Hall–Kier alpha value is -0.470. The van der Waals surface area contributed by atoms with Crippen molar-refractivity contribution in [1.82, 2.24) is 13.5 Å². The fraction of sp³-hybridized carbons (Fsp3) is 0.600. The average molecular weight is 388 g/mol. The molecule has 0 amide bonds. The van der Waals surface area contributed by atoms with Crippen molar-refractivity contribution >= 4 is 26.1 Å². The van der Waals surface area contributed by atoms with Crippen molar-refractivity contribution < 1.29 is 8.42 Å². The molecule has 22 heavy (non-hydrogen) atoms. The molecular weight excluding hydrogens is 366 g/mol. The van der Waals surface area contributed by atoms with Crippen LogP contribution in [0.3, 0.4) is 0 Å². The van der Waals surface area contributed by atoms with E-state index in [9.17, 15) is 8.42 Å². The van der Waals surface area contributed by atoms with E-state index in [1.54, 1.807) is 8.61 Å². The van der Waals surface area contributed by atoms with E-state index in [4.69, 9.17) is 0 Å². The predicted molar refractivity (Wildman–Crippen MR) is 90.7 cm³/mol. The first kappa shape index (κ1) is 16.4. The fourth-order valence-electron chi connectivity index (χ4n) is 3.07. The van der Waals surface area contributed by atoms with E-state index in [0.717, 1.165) is 36.9 Å². The van der Waals surface area contributed by atoms with Crippen LogP contribution in [0.5, 0.6) is 0 Å². The summed E-state index contributed by atoms with van der Waals surface area (Å²) in [6.07, 6.45) is 1.97. The molecule has 0 N–H and O–H groups in total. The summed E-state index contributed by atoms with van der Waals surface area (Å²) in [5, 5.41) is 0. The third-order valence-corrected chi connectivity index (χ3v) is 7.21. The quantitative estimate of drug-likeness (QED) is 0.792. The van der Waals surface area contributed by atoms with E-state index >= 15 is 0 Å². The molecule has 3 rings (SSSR count). The van der Waals surface area contributed by atoms with Crippen molar-refractivity contribution in [3.8, 4) is 0 Å². The smallest absolute Gasteiger partial charge is 0.282 e. The Morgan fingerprint density at radius 1 is 0.909 bits per heavy atom. The highest BCUT2D eigenvalue weighted by atomic mass is 79.9. The molecule has 5 nitrogen and oxygen atoms in total. The highest BCUT2D eigenvalue weighted by Crippen LogP contribution is 2.21. The molecule has 122 valence electrons. The van der Waals surface area contributed by atoms with E-state index in [-0.39, 0.29) is 0 Å². The van der Waals surface area contributed by atoms with Gasteiger partial charge in [-0.05, 0) is 24.5 Å². The summed E-state index contributed by atoms with van der Waals surface area (Å²) >= 11 is 3.57. The summed E-state index contributed by atoms with van der Waals surface area (Å²) in [6, 6.07) is 8.20. The van der Waals surface area contributed by atoms with E-state index in [1.165, 1.54) is 5.56 Å². The molecule has 2 saturated heterocycles. The van der Waals surface area contributed by atoms with Gasteiger partial charge in [0.1, 0.15) is 0 Å². The van der Waals surface area contributed by atoms with Gasteiger partial charge in [0, 0.05) is 50.3 Å². The first-order valence-electron chi connectivity index (χ1n) is 7.78. The topological polar surface area (TPSA) is 43.9 Å². The lowest BCUT2D eigenvalue weighted by Gasteiger charge is -2.35. The number of nitrogens with zero attached hydrogens (tertiary/aromatic N) is 3. The third kappa shape index (κ3) is 3.54. The van der Waals surface area contributed by atoms with E-state index in [0.29, 0.717) is 26.2 Å². The van der Waals surface area contributed by atoms with Gasteiger partial charge in [0.05, 0.1) is 0 Å². The summed E-state index contributed by atoms with van der Waals surface area (Å²) in [4.78, 5) is 2.32. The van der Waals surface area contributed by atoms with Crippen molar-refractivity contribution in [2.24, 2.45) is 0 Å². The van der Waals surface area contributed by atoms with Crippen molar-refractivity contribution in [1.29, 1.82) is 0 Å². The maximum Gasteiger partial charge on any atom is 0.282 e. The van der Waals surface area contributed by atoms with E-state index < -0.39 is 10.2 Å². The van der Waals surface area contributed by atoms with Crippen LogP contribution in [0.25, 0.3) is 0 Å². The zero-order chi connectivity index (χ0) is 15.6. The lowest BCUT2D eigenvalue weighted by molar-refractivity contribution is 0.176. The molecule has 0 atom stereocenters. The van der Waals surface area contributed by atoms with Crippen molar-refractivity contribution in [2.45, 2.75) is 19.4 Å². The number of piperazine rings is 1. The highest BCUT2D eigenvalue weighted by Gasteiger charge is 2.33. The number of hydrogen-bond acceptors (Lipinski definition) is 3. The molecule has 0 aromatic heterocycles. The van der Waals surface area contributed by atoms with Crippen LogP contribution in [-0.2, 0) is 16.8 Å². The molecule has 2 aliphatic heterocycles. The Labute approximate surface area is 141 Å².